The molecule has 2 aromatic rings. The van der Waals surface area contributed by atoms with Gasteiger partial charge in [0, 0.05) is 5.56 Å². The van der Waals surface area contributed by atoms with Crippen molar-refractivity contribution in [3.05, 3.63) is 53.8 Å². The Kier molecular flexibility index (Phi) is 3.66. The fraction of sp³-hybridized carbons (Fsp3) is 0.250. The Bertz CT molecular complexity index is 529. The summed E-state index contributed by atoms with van der Waals surface area (Å²) in [5.41, 5.74) is 2.93. The van der Waals surface area contributed by atoms with Gasteiger partial charge in [-0.25, -0.2) is 4.39 Å². The van der Waals surface area contributed by atoms with Gasteiger partial charge < -0.3 is 4.74 Å². The number of benzene rings is 2. The maximum absolute atomic E-state index is 13.0. The Hall–Kier alpha value is -1.83. The number of methoxy groups -OCH3 is 1. The molecule has 0 unspecified atom stereocenters. The van der Waals surface area contributed by atoms with Crippen molar-refractivity contribution in [2.24, 2.45) is 0 Å². The lowest BCUT2D eigenvalue weighted by Crippen LogP contribution is -1.96. The highest BCUT2D eigenvalue weighted by Gasteiger charge is 2.13. The van der Waals surface area contributed by atoms with Crippen LogP contribution in [0.3, 0.4) is 0 Å². The quantitative estimate of drug-likeness (QED) is 0.775. The SMILES string of the molecule is COc1c(-c2ccc(F)cc2)[c]ccc1C(C)C. The normalized spacial score (nSPS) is 10.7. The van der Waals surface area contributed by atoms with Crippen LogP contribution in [0.4, 0.5) is 4.39 Å². The number of rotatable bonds is 3. The molecule has 0 saturated heterocycles. The molecule has 2 heteroatoms. The molecule has 93 valence electrons. The first kappa shape index (κ1) is 12.6. The van der Waals surface area contributed by atoms with E-state index in [1.165, 1.54) is 12.1 Å². The van der Waals surface area contributed by atoms with Crippen molar-refractivity contribution in [3.63, 3.8) is 0 Å². The summed E-state index contributed by atoms with van der Waals surface area (Å²) < 4.78 is 18.4. The largest absolute Gasteiger partial charge is 0.496 e. The third kappa shape index (κ3) is 2.37. The molecule has 0 spiro atoms. The molecular formula is C16H16FO. The first-order chi connectivity index (χ1) is 8.63. The van der Waals surface area contributed by atoms with E-state index < -0.39 is 0 Å². The number of hydrogen-bond donors (Lipinski definition) is 0. The van der Waals surface area contributed by atoms with Crippen molar-refractivity contribution in [3.8, 4) is 16.9 Å². The van der Waals surface area contributed by atoms with E-state index in [0.717, 1.165) is 22.4 Å². The summed E-state index contributed by atoms with van der Waals surface area (Å²) in [6.07, 6.45) is 0. The predicted molar refractivity (Wildman–Crippen MR) is 71.3 cm³/mol. The standard InChI is InChI=1S/C16H16FO/c1-11(2)14-5-4-6-15(16(14)18-3)12-7-9-13(17)10-8-12/h4-5,7-11H,1-3H3. The van der Waals surface area contributed by atoms with Crippen LogP contribution >= 0.6 is 0 Å². The predicted octanol–water partition coefficient (Wildman–Crippen LogP) is 4.42. The Morgan fingerprint density at radius 2 is 1.78 bits per heavy atom. The van der Waals surface area contributed by atoms with Crippen molar-refractivity contribution in [1.82, 2.24) is 0 Å². The summed E-state index contributed by atoms with van der Waals surface area (Å²) in [5, 5.41) is 0. The zero-order valence-corrected chi connectivity index (χ0v) is 10.8. The molecule has 0 atom stereocenters. The molecule has 0 N–H and O–H groups in total. The van der Waals surface area contributed by atoms with Crippen molar-refractivity contribution in [2.75, 3.05) is 7.11 Å². The molecule has 0 amide bonds. The molecule has 0 aliphatic carbocycles. The molecule has 0 aliphatic heterocycles. The number of hydrogen-bond acceptors (Lipinski definition) is 1. The van der Waals surface area contributed by atoms with Gasteiger partial charge in [-0.2, -0.15) is 0 Å². The van der Waals surface area contributed by atoms with Crippen molar-refractivity contribution in [2.45, 2.75) is 19.8 Å². The molecule has 0 bridgehead atoms. The Balaban J connectivity index is 2.57. The molecule has 2 aromatic carbocycles. The van der Waals surface area contributed by atoms with Crippen molar-refractivity contribution < 1.29 is 9.13 Å². The second-order valence-corrected chi connectivity index (χ2v) is 4.50. The second-order valence-electron chi connectivity index (χ2n) is 4.50. The highest BCUT2D eigenvalue weighted by atomic mass is 19.1. The van der Waals surface area contributed by atoms with Crippen LogP contribution in [0.25, 0.3) is 11.1 Å². The Morgan fingerprint density at radius 3 is 2.33 bits per heavy atom. The molecule has 0 saturated carbocycles. The first-order valence-corrected chi connectivity index (χ1v) is 5.98. The van der Waals surface area contributed by atoms with Crippen LogP contribution in [0.5, 0.6) is 5.75 Å². The lowest BCUT2D eigenvalue weighted by molar-refractivity contribution is 0.409. The lowest BCUT2D eigenvalue weighted by Gasteiger charge is -2.15. The van der Waals surface area contributed by atoms with Gasteiger partial charge in [0.15, 0.2) is 0 Å². The number of ether oxygens (including phenoxy) is 1. The van der Waals surface area contributed by atoms with Gasteiger partial charge in [0.1, 0.15) is 11.6 Å². The highest BCUT2D eigenvalue weighted by molar-refractivity contribution is 5.71. The summed E-state index contributed by atoms with van der Waals surface area (Å²) in [4.78, 5) is 0. The molecule has 2 rings (SSSR count). The Labute approximate surface area is 107 Å². The summed E-state index contributed by atoms with van der Waals surface area (Å²) in [6, 6.07) is 13.5. The Morgan fingerprint density at radius 1 is 1.11 bits per heavy atom. The summed E-state index contributed by atoms with van der Waals surface area (Å²) >= 11 is 0. The molecule has 0 heterocycles. The van der Waals surface area contributed by atoms with E-state index in [4.69, 9.17) is 4.74 Å². The van der Waals surface area contributed by atoms with Crippen LogP contribution in [0.2, 0.25) is 0 Å². The molecular weight excluding hydrogens is 227 g/mol. The lowest BCUT2D eigenvalue weighted by atomic mass is 9.95. The molecule has 1 nitrogen and oxygen atoms in total. The molecule has 0 aromatic heterocycles. The second kappa shape index (κ2) is 5.21. The van der Waals surface area contributed by atoms with Gasteiger partial charge in [-0.1, -0.05) is 38.1 Å². The minimum absolute atomic E-state index is 0.238. The van der Waals surface area contributed by atoms with Crippen LogP contribution in [-0.4, -0.2) is 7.11 Å². The van der Waals surface area contributed by atoms with Crippen molar-refractivity contribution >= 4 is 0 Å². The average molecular weight is 243 g/mol. The third-order valence-corrected chi connectivity index (χ3v) is 2.94. The van der Waals surface area contributed by atoms with Crippen LogP contribution in [0, 0.1) is 11.9 Å². The summed E-state index contributed by atoms with van der Waals surface area (Å²) in [6.45, 7) is 4.23. The van der Waals surface area contributed by atoms with E-state index >= 15 is 0 Å². The van der Waals surface area contributed by atoms with Gasteiger partial charge in [-0.15, -0.1) is 0 Å². The van der Waals surface area contributed by atoms with E-state index in [-0.39, 0.29) is 5.82 Å². The van der Waals surface area contributed by atoms with Gasteiger partial charge in [-0.05, 0) is 35.2 Å². The fourth-order valence-electron chi connectivity index (χ4n) is 2.01. The summed E-state index contributed by atoms with van der Waals surface area (Å²) in [5.74, 6) is 0.950. The van der Waals surface area contributed by atoms with Crippen LogP contribution < -0.4 is 4.74 Å². The van der Waals surface area contributed by atoms with Gasteiger partial charge in [-0.3, -0.25) is 0 Å². The van der Waals surface area contributed by atoms with Gasteiger partial charge in [0.05, 0.1) is 7.11 Å². The highest BCUT2D eigenvalue weighted by Crippen LogP contribution is 2.36. The zero-order valence-electron chi connectivity index (χ0n) is 10.8. The minimum Gasteiger partial charge on any atom is -0.496 e. The molecule has 0 fully saturated rings. The maximum Gasteiger partial charge on any atom is 0.130 e. The van der Waals surface area contributed by atoms with E-state index in [2.05, 4.69) is 19.9 Å². The van der Waals surface area contributed by atoms with Gasteiger partial charge >= 0.3 is 0 Å². The van der Waals surface area contributed by atoms with E-state index in [1.807, 2.05) is 12.1 Å². The zero-order chi connectivity index (χ0) is 13.1. The van der Waals surface area contributed by atoms with E-state index in [0.29, 0.717) is 5.92 Å². The minimum atomic E-state index is -0.238. The third-order valence-electron chi connectivity index (χ3n) is 2.94. The maximum atomic E-state index is 13.0. The average Bonchev–Trinajstić information content (AvgIpc) is 2.38. The van der Waals surface area contributed by atoms with E-state index in [1.54, 1.807) is 19.2 Å². The number of halogens is 1. The monoisotopic (exact) mass is 243 g/mol. The topological polar surface area (TPSA) is 9.23 Å². The van der Waals surface area contributed by atoms with Crippen LogP contribution in [0.15, 0.2) is 36.4 Å². The van der Waals surface area contributed by atoms with Crippen LogP contribution in [-0.2, 0) is 0 Å². The molecule has 0 aliphatic rings. The van der Waals surface area contributed by atoms with Crippen LogP contribution in [0.1, 0.15) is 25.3 Å². The molecule has 18 heavy (non-hydrogen) atoms. The van der Waals surface area contributed by atoms with Gasteiger partial charge in [0.25, 0.3) is 0 Å². The fourth-order valence-corrected chi connectivity index (χ4v) is 2.01. The van der Waals surface area contributed by atoms with E-state index in [9.17, 15) is 4.39 Å². The molecule has 1 radical (unpaired) electrons. The van der Waals surface area contributed by atoms with Gasteiger partial charge in [0.2, 0.25) is 0 Å². The first-order valence-electron chi connectivity index (χ1n) is 5.98. The smallest absolute Gasteiger partial charge is 0.130 e. The van der Waals surface area contributed by atoms with Crippen molar-refractivity contribution in [1.29, 1.82) is 0 Å². The summed E-state index contributed by atoms with van der Waals surface area (Å²) in [7, 11) is 1.65.